The Bertz CT molecular complexity index is 3360. The minimum Gasteiger partial charge on any atom is -0.355 e. The average Bonchev–Trinajstić information content (AvgIpc) is 3.64. The number of nitrogens with one attached hydrogen (secondary N) is 1. The summed E-state index contributed by atoms with van der Waals surface area (Å²) in [4.78, 5) is 2.62. The Balaban J connectivity index is 1.07. The number of rotatable bonds is 5. The molecule has 2 nitrogen and oxygen atoms in total. The molecule has 13 rings (SSSR count). The lowest BCUT2D eigenvalue weighted by atomic mass is 9.54. The molecule has 288 valence electrons. The Labute approximate surface area is 362 Å². The highest BCUT2D eigenvalue weighted by Gasteiger charge is 2.52. The fraction of sp³-hybridized carbons (Fsp3) is 0.0169. The number of anilines is 5. The van der Waals surface area contributed by atoms with E-state index in [0.29, 0.717) is 0 Å². The molecule has 3 aliphatic rings. The van der Waals surface area contributed by atoms with Gasteiger partial charge in [-0.25, -0.2) is 0 Å². The van der Waals surface area contributed by atoms with Crippen LogP contribution in [0.4, 0.5) is 28.4 Å². The van der Waals surface area contributed by atoms with Gasteiger partial charge in [-0.1, -0.05) is 194 Å². The summed E-state index contributed by atoms with van der Waals surface area (Å²) in [5.41, 5.74) is 23.4. The Morgan fingerprint density at radius 2 is 1.00 bits per heavy atom. The third kappa shape index (κ3) is 5.00. The van der Waals surface area contributed by atoms with Crippen molar-refractivity contribution < 1.29 is 0 Å². The summed E-state index contributed by atoms with van der Waals surface area (Å²) in [5.74, 6) is 0. The molecule has 10 aromatic rings. The molecule has 3 heteroatoms. The van der Waals surface area contributed by atoms with E-state index in [9.17, 15) is 0 Å². The van der Waals surface area contributed by atoms with Crippen molar-refractivity contribution in [2.24, 2.45) is 0 Å². The minimum atomic E-state index is -0.453. The van der Waals surface area contributed by atoms with Crippen molar-refractivity contribution in [2.45, 2.75) is 5.41 Å². The zero-order chi connectivity index (χ0) is 40.8. The first-order chi connectivity index (χ1) is 30.8. The van der Waals surface area contributed by atoms with Crippen molar-refractivity contribution in [2.75, 3.05) is 10.2 Å². The van der Waals surface area contributed by atoms with Crippen molar-refractivity contribution in [3.05, 3.63) is 247 Å². The normalized spacial score (nSPS) is 13.4. The smallest absolute Gasteiger partial charge is 0.198 e. The van der Waals surface area contributed by atoms with Gasteiger partial charge in [0.05, 0.1) is 11.1 Å². The number of hydrogen-bond acceptors (Lipinski definition) is 2. The van der Waals surface area contributed by atoms with Crippen molar-refractivity contribution in [1.29, 1.82) is 0 Å². The summed E-state index contributed by atoms with van der Waals surface area (Å²) >= 11 is 0. The van der Waals surface area contributed by atoms with Gasteiger partial charge in [-0.05, 0) is 114 Å². The van der Waals surface area contributed by atoms with E-state index >= 15 is 0 Å². The summed E-state index contributed by atoms with van der Waals surface area (Å²) in [7, 11) is 0.801. The molecule has 10 aromatic carbocycles. The van der Waals surface area contributed by atoms with Gasteiger partial charge in [0.15, 0.2) is 7.28 Å². The van der Waals surface area contributed by atoms with Gasteiger partial charge >= 0.3 is 0 Å². The third-order valence-corrected chi connectivity index (χ3v) is 13.7. The van der Waals surface area contributed by atoms with Gasteiger partial charge in [-0.3, -0.25) is 0 Å². The van der Waals surface area contributed by atoms with Crippen LogP contribution in [-0.2, 0) is 5.41 Å². The SMILES string of the molecule is B1c2cccc3c2N(c2ccccc2C32c3ccccc3-c3ccccc32)c2cc(-c3ccccc3)cc(-c3c(Nc4ccc(-c5ccccc5)cc4)ccc4ccccc34)c21. The van der Waals surface area contributed by atoms with E-state index in [1.807, 2.05) is 0 Å². The Hall–Kier alpha value is -7.88. The second-order valence-electron chi connectivity index (χ2n) is 16.8. The van der Waals surface area contributed by atoms with E-state index in [1.165, 1.54) is 106 Å². The van der Waals surface area contributed by atoms with Gasteiger partial charge in [0.25, 0.3) is 0 Å². The quantitative estimate of drug-likeness (QED) is 0.175. The van der Waals surface area contributed by atoms with Crippen LogP contribution < -0.4 is 21.1 Å². The van der Waals surface area contributed by atoms with Crippen molar-refractivity contribution in [3.63, 3.8) is 0 Å². The first-order valence-electron chi connectivity index (χ1n) is 21.6. The molecule has 0 bridgehead atoms. The minimum absolute atomic E-state index is 0.453. The van der Waals surface area contributed by atoms with Crippen molar-refractivity contribution in [3.8, 4) is 44.5 Å². The first-order valence-corrected chi connectivity index (χ1v) is 21.6. The highest BCUT2D eigenvalue weighted by atomic mass is 15.2. The standard InChI is InChI=1S/C59H39BN2/c1-3-16-38(17-4-1)40-30-33-43(34-31-40)61-53-35-32-41-20-7-8-21-44(41)56(53)47-36-42(39-18-5-2-6-19-39)37-55-57(47)60-52-28-15-27-51-58(52)62(55)54-29-14-13-26-50(54)59(51)48-24-11-9-22-45(48)46-23-10-12-25-49(46)59/h1-37,60-61H. The Kier molecular flexibility index (Phi) is 7.65. The van der Waals surface area contributed by atoms with Gasteiger partial charge in [-0.2, -0.15) is 0 Å². The topological polar surface area (TPSA) is 15.3 Å². The Morgan fingerprint density at radius 3 is 1.74 bits per heavy atom. The average molecular weight is 787 g/mol. The summed E-state index contributed by atoms with van der Waals surface area (Å²) in [6, 6.07) is 83.1. The molecule has 2 heterocycles. The molecule has 1 N–H and O–H groups in total. The lowest BCUT2D eigenvalue weighted by Gasteiger charge is -2.48. The fourth-order valence-electron chi connectivity index (χ4n) is 11.1. The maximum absolute atomic E-state index is 3.93. The second-order valence-corrected chi connectivity index (χ2v) is 16.8. The van der Waals surface area contributed by atoms with Gasteiger partial charge in [-0.15, -0.1) is 0 Å². The van der Waals surface area contributed by atoms with Crippen LogP contribution in [0.3, 0.4) is 0 Å². The molecule has 0 saturated heterocycles. The number of benzene rings is 10. The number of fused-ring (bicyclic) bond motifs is 12. The maximum atomic E-state index is 3.93. The van der Waals surface area contributed by atoms with E-state index in [2.05, 4.69) is 235 Å². The molecule has 0 radical (unpaired) electrons. The fourth-order valence-corrected chi connectivity index (χ4v) is 11.1. The molecule has 0 fully saturated rings. The van der Waals surface area contributed by atoms with Crippen LogP contribution in [0.2, 0.25) is 0 Å². The Morgan fingerprint density at radius 1 is 0.403 bits per heavy atom. The highest BCUT2D eigenvalue weighted by Crippen LogP contribution is 2.63. The van der Waals surface area contributed by atoms with E-state index < -0.39 is 5.41 Å². The first kappa shape index (κ1) is 34.9. The molecule has 2 aliphatic heterocycles. The zero-order valence-corrected chi connectivity index (χ0v) is 34.0. The molecule has 62 heavy (non-hydrogen) atoms. The molecular formula is C59H39BN2. The van der Waals surface area contributed by atoms with Crippen molar-refractivity contribution in [1.82, 2.24) is 0 Å². The lowest BCUT2D eigenvalue weighted by Crippen LogP contribution is -2.47. The van der Waals surface area contributed by atoms with Crippen molar-refractivity contribution >= 4 is 57.4 Å². The van der Waals surface area contributed by atoms with Gasteiger partial charge in [0, 0.05) is 28.3 Å². The summed E-state index contributed by atoms with van der Waals surface area (Å²) in [6.45, 7) is 0. The number of hydrogen-bond donors (Lipinski definition) is 1. The molecule has 0 saturated carbocycles. The van der Waals surface area contributed by atoms with E-state index in [0.717, 1.165) is 18.7 Å². The molecule has 0 aromatic heterocycles. The number of para-hydroxylation sites is 2. The molecule has 1 spiro atoms. The third-order valence-electron chi connectivity index (χ3n) is 13.7. The predicted octanol–water partition coefficient (Wildman–Crippen LogP) is 13.4. The summed E-state index contributed by atoms with van der Waals surface area (Å²) < 4.78 is 0. The van der Waals surface area contributed by atoms with Crippen LogP contribution in [0.5, 0.6) is 0 Å². The number of nitrogens with zero attached hydrogens (tertiary/aromatic N) is 1. The van der Waals surface area contributed by atoms with E-state index in [-0.39, 0.29) is 0 Å². The van der Waals surface area contributed by atoms with Crippen LogP contribution in [0.15, 0.2) is 224 Å². The zero-order valence-electron chi connectivity index (χ0n) is 34.0. The van der Waals surface area contributed by atoms with Crippen LogP contribution in [0.25, 0.3) is 55.3 Å². The molecule has 0 atom stereocenters. The van der Waals surface area contributed by atoms with E-state index in [4.69, 9.17) is 0 Å². The maximum Gasteiger partial charge on any atom is 0.198 e. The van der Waals surface area contributed by atoms with Crippen LogP contribution >= 0.6 is 0 Å². The molecule has 0 amide bonds. The monoisotopic (exact) mass is 786 g/mol. The second kappa shape index (κ2) is 13.6. The molecule has 1 aliphatic carbocycles. The molecule has 0 unspecified atom stereocenters. The summed E-state index contributed by atoms with van der Waals surface area (Å²) in [5, 5.41) is 6.37. The predicted molar refractivity (Wildman–Crippen MR) is 262 cm³/mol. The van der Waals surface area contributed by atoms with Crippen LogP contribution in [-0.4, -0.2) is 7.28 Å². The lowest BCUT2D eigenvalue weighted by molar-refractivity contribution is 0.754. The summed E-state index contributed by atoms with van der Waals surface area (Å²) in [6.07, 6.45) is 0. The largest absolute Gasteiger partial charge is 0.355 e. The van der Waals surface area contributed by atoms with E-state index in [1.54, 1.807) is 0 Å². The van der Waals surface area contributed by atoms with Gasteiger partial charge < -0.3 is 10.2 Å². The van der Waals surface area contributed by atoms with Crippen LogP contribution in [0, 0.1) is 0 Å². The highest BCUT2D eigenvalue weighted by molar-refractivity contribution is 6.73. The van der Waals surface area contributed by atoms with Crippen LogP contribution in [0.1, 0.15) is 22.3 Å². The van der Waals surface area contributed by atoms with Gasteiger partial charge in [0.1, 0.15) is 0 Å². The molecular weight excluding hydrogens is 747 g/mol. The van der Waals surface area contributed by atoms with Gasteiger partial charge in [0.2, 0.25) is 0 Å².